The number of aromatic nitrogens is 1. The van der Waals surface area contributed by atoms with Crippen LogP contribution in [0.25, 0.3) is 10.9 Å². The molecule has 0 aliphatic heterocycles. The number of benzene rings is 2. The second kappa shape index (κ2) is 6.33. The molecular formula is C17H16N4O3. The van der Waals surface area contributed by atoms with E-state index in [0.717, 1.165) is 10.9 Å². The lowest BCUT2D eigenvalue weighted by Gasteiger charge is -2.05. The third-order valence-corrected chi connectivity index (χ3v) is 3.48. The number of carbonyl (C=O) groups is 2. The maximum atomic E-state index is 12.3. The van der Waals surface area contributed by atoms with Crippen LogP contribution in [0, 0.1) is 0 Å². The molecule has 0 unspecified atom stereocenters. The van der Waals surface area contributed by atoms with Gasteiger partial charge in [-0.15, -0.1) is 0 Å². The molecule has 0 bridgehead atoms. The topological polar surface area (TPSA) is 109 Å². The number of aromatic amines is 1. The van der Waals surface area contributed by atoms with Crippen molar-refractivity contribution in [3.8, 4) is 5.75 Å². The van der Waals surface area contributed by atoms with Gasteiger partial charge >= 0.3 is 6.03 Å². The number of rotatable bonds is 4. The molecule has 0 saturated heterocycles. The van der Waals surface area contributed by atoms with Crippen molar-refractivity contribution in [1.82, 2.24) is 4.98 Å². The minimum Gasteiger partial charge on any atom is -0.497 e. The monoisotopic (exact) mass is 324 g/mol. The van der Waals surface area contributed by atoms with Gasteiger partial charge in [0.15, 0.2) is 0 Å². The van der Waals surface area contributed by atoms with Crippen molar-refractivity contribution in [2.75, 3.05) is 17.7 Å². The molecule has 5 N–H and O–H groups in total. The fraction of sp³-hybridized carbons (Fsp3) is 0.0588. The lowest BCUT2D eigenvalue weighted by atomic mass is 10.2. The van der Waals surface area contributed by atoms with Crippen molar-refractivity contribution in [2.24, 2.45) is 5.73 Å². The van der Waals surface area contributed by atoms with Gasteiger partial charge in [0, 0.05) is 28.3 Å². The number of H-pyrrole nitrogens is 1. The number of anilines is 2. The van der Waals surface area contributed by atoms with Crippen LogP contribution in [0.4, 0.5) is 16.2 Å². The molecule has 0 atom stereocenters. The quantitative estimate of drug-likeness (QED) is 0.592. The molecule has 0 radical (unpaired) electrons. The Bertz CT molecular complexity index is 900. The molecule has 2 aromatic carbocycles. The summed E-state index contributed by atoms with van der Waals surface area (Å²) in [5.74, 6) is 0.453. The first-order valence-corrected chi connectivity index (χ1v) is 7.20. The largest absolute Gasteiger partial charge is 0.497 e. The van der Waals surface area contributed by atoms with Crippen LogP contribution >= 0.6 is 0 Å². The smallest absolute Gasteiger partial charge is 0.316 e. The van der Waals surface area contributed by atoms with Crippen molar-refractivity contribution in [2.45, 2.75) is 0 Å². The van der Waals surface area contributed by atoms with Crippen LogP contribution in [0.5, 0.6) is 5.75 Å². The van der Waals surface area contributed by atoms with E-state index in [1.807, 2.05) is 18.2 Å². The lowest BCUT2D eigenvalue weighted by molar-refractivity contribution is 0.102. The van der Waals surface area contributed by atoms with Gasteiger partial charge in [-0.2, -0.15) is 0 Å². The van der Waals surface area contributed by atoms with Crippen LogP contribution in [0.15, 0.2) is 48.5 Å². The molecule has 0 aliphatic carbocycles. The summed E-state index contributed by atoms with van der Waals surface area (Å²) >= 11 is 0. The third-order valence-electron chi connectivity index (χ3n) is 3.48. The van der Waals surface area contributed by atoms with E-state index in [2.05, 4.69) is 15.6 Å². The number of primary amides is 1. The van der Waals surface area contributed by atoms with E-state index in [1.165, 1.54) is 0 Å². The van der Waals surface area contributed by atoms with Crippen molar-refractivity contribution in [3.63, 3.8) is 0 Å². The van der Waals surface area contributed by atoms with Crippen LogP contribution in [-0.4, -0.2) is 24.0 Å². The average Bonchev–Trinajstić information content (AvgIpc) is 2.99. The Kier molecular flexibility index (Phi) is 4.07. The Morgan fingerprint density at radius 2 is 1.67 bits per heavy atom. The maximum absolute atomic E-state index is 12.3. The summed E-state index contributed by atoms with van der Waals surface area (Å²) in [6.45, 7) is 0. The molecule has 24 heavy (non-hydrogen) atoms. The van der Waals surface area contributed by atoms with E-state index in [1.54, 1.807) is 37.4 Å². The summed E-state index contributed by atoms with van der Waals surface area (Å²) in [6, 6.07) is 13.3. The summed E-state index contributed by atoms with van der Waals surface area (Å²) < 4.78 is 5.17. The van der Waals surface area contributed by atoms with Crippen LogP contribution in [0.1, 0.15) is 10.5 Å². The van der Waals surface area contributed by atoms with Gasteiger partial charge in [-0.3, -0.25) is 4.79 Å². The Labute approximate surface area is 137 Å². The minimum atomic E-state index is -0.639. The first-order chi connectivity index (χ1) is 11.5. The highest BCUT2D eigenvalue weighted by atomic mass is 16.5. The summed E-state index contributed by atoms with van der Waals surface area (Å²) in [6.07, 6.45) is 0. The predicted octanol–water partition coefficient (Wildman–Crippen LogP) is 2.92. The SMILES string of the molecule is COc1ccc2cc(C(=O)Nc3ccc(NC(N)=O)cc3)[nH]c2c1. The van der Waals surface area contributed by atoms with Gasteiger partial charge < -0.3 is 26.1 Å². The van der Waals surface area contributed by atoms with Crippen LogP contribution in [0.2, 0.25) is 0 Å². The Morgan fingerprint density at radius 1 is 1.00 bits per heavy atom. The number of amides is 3. The zero-order valence-electron chi connectivity index (χ0n) is 12.9. The molecule has 122 valence electrons. The Morgan fingerprint density at radius 3 is 2.29 bits per heavy atom. The van der Waals surface area contributed by atoms with Gasteiger partial charge in [0.25, 0.3) is 5.91 Å². The minimum absolute atomic E-state index is 0.263. The second-order valence-electron chi connectivity index (χ2n) is 5.16. The van der Waals surface area contributed by atoms with Crippen LogP contribution < -0.4 is 21.1 Å². The molecule has 1 aromatic heterocycles. The van der Waals surface area contributed by atoms with E-state index in [-0.39, 0.29) is 5.91 Å². The highest BCUT2D eigenvalue weighted by molar-refractivity contribution is 6.06. The van der Waals surface area contributed by atoms with Gasteiger partial charge in [-0.05, 0) is 42.5 Å². The molecule has 7 nitrogen and oxygen atoms in total. The zero-order chi connectivity index (χ0) is 17.1. The maximum Gasteiger partial charge on any atom is 0.316 e. The van der Waals surface area contributed by atoms with Crippen molar-refractivity contribution in [3.05, 3.63) is 54.2 Å². The molecule has 1 heterocycles. The molecule has 3 amide bonds. The number of nitrogens with two attached hydrogens (primary N) is 1. The molecule has 0 fully saturated rings. The highest BCUT2D eigenvalue weighted by Crippen LogP contribution is 2.22. The fourth-order valence-electron chi connectivity index (χ4n) is 2.33. The summed E-state index contributed by atoms with van der Waals surface area (Å²) in [7, 11) is 1.59. The number of methoxy groups -OCH3 is 1. The molecule has 0 aliphatic rings. The first-order valence-electron chi connectivity index (χ1n) is 7.20. The van der Waals surface area contributed by atoms with E-state index >= 15 is 0 Å². The van der Waals surface area contributed by atoms with Crippen molar-refractivity contribution in [1.29, 1.82) is 0 Å². The molecule has 3 aromatic rings. The van der Waals surface area contributed by atoms with Gasteiger partial charge in [-0.1, -0.05) is 0 Å². The van der Waals surface area contributed by atoms with Crippen LogP contribution in [-0.2, 0) is 0 Å². The summed E-state index contributed by atoms with van der Waals surface area (Å²) in [4.78, 5) is 26.2. The second-order valence-corrected chi connectivity index (χ2v) is 5.16. The van der Waals surface area contributed by atoms with Gasteiger partial charge in [0.2, 0.25) is 0 Å². The van der Waals surface area contributed by atoms with Crippen molar-refractivity contribution >= 4 is 34.2 Å². The van der Waals surface area contributed by atoms with E-state index in [9.17, 15) is 9.59 Å². The van der Waals surface area contributed by atoms with Crippen LogP contribution in [0.3, 0.4) is 0 Å². The summed E-state index contributed by atoms with van der Waals surface area (Å²) in [5.41, 5.74) is 7.46. The molecule has 7 heteroatoms. The number of hydrogen-bond acceptors (Lipinski definition) is 3. The molecule has 3 rings (SSSR count). The number of nitrogens with one attached hydrogen (secondary N) is 3. The number of hydrogen-bond donors (Lipinski definition) is 4. The summed E-state index contributed by atoms with van der Waals surface area (Å²) in [5, 5.41) is 6.16. The third kappa shape index (κ3) is 3.30. The Hall–Kier alpha value is -3.48. The molecule has 0 spiro atoms. The normalized spacial score (nSPS) is 10.4. The Balaban J connectivity index is 1.75. The molecule has 0 saturated carbocycles. The standard InChI is InChI=1S/C17H16N4O3/c1-24-13-7-2-10-8-15(21-14(10)9-13)16(22)19-11-3-5-12(6-4-11)20-17(18)23/h2-9,21H,1H3,(H,19,22)(H3,18,20,23). The molecular weight excluding hydrogens is 308 g/mol. The highest BCUT2D eigenvalue weighted by Gasteiger charge is 2.10. The number of urea groups is 1. The van der Waals surface area contributed by atoms with E-state index < -0.39 is 6.03 Å². The number of carbonyl (C=O) groups excluding carboxylic acids is 2. The fourth-order valence-corrected chi connectivity index (χ4v) is 2.33. The van der Waals surface area contributed by atoms with E-state index in [4.69, 9.17) is 10.5 Å². The predicted molar refractivity (Wildman–Crippen MR) is 92.5 cm³/mol. The zero-order valence-corrected chi connectivity index (χ0v) is 12.9. The van der Waals surface area contributed by atoms with Gasteiger partial charge in [0.1, 0.15) is 11.4 Å². The van der Waals surface area contributed by atoms with Gasteiger partial charge in [-0.25, -0.2) is 4.79 Å². The average molecular weight is 324 g/mol. The van der Waals surface area contributed by atoms with Gasteiger partial charge in [0.05, 0.1) is 7.11 Å². The number of ether oxygens (including phenoxy) is 1. The van der Waals surface area contributed by atoms with Crippen molar-refractivity contribution < 1.29 is 14.3 Å². The first kappa shape index (κ1) is 15.4. The van der Waals surface area contributed by atoms with E-state index in [0.29, 0.717) is 22.8 Å². The lowest BCUT2D eigenvalue weighted by Crippen LogP contribution is -2.19. The number of fused-ring (bicyclic) bond motifs is 1.